The van der Waals surface area contributed by atoms with E-state index in [1.165, 1.54) is 0 Å². The molecule has 0 spiro atoms. The van der Waals surface area contributed by atoms with E-state index in [9.17, 15) is 4.79 Å². The molecule has 1 aromatic heterocycles. The van der Waals surface area contributed by atoms with E-state index in [4.69, 9.17) is 5.11 Å². The third-order valence-electron chi connectivity index (χ3n) is 3.30. The summed E-state index contributed by atoms with van der Waals surface area (Å²) in [7, 11) is 0. The molecule has 0 bridgehead atoms. The van der Waals surface area contributed by atoms with Gasteiger partial charge in [0, 0.05) is 19.0 Å². The van der Waals surface area contributed by atoms with E-state index in [2.05, 4.69) is 10.3 Å². The summed E-state index contributed by atoms with van der Waals surface area (Å²) in [5.41, 5.74) is 2.55. The molecule has 1 atom stereocenters. The Morgan fingerprint density at radius 2 is 2.05 bits per heavy atom. The van der Waals surface area contributed by atoms with Crippen molar-refractivity contribution in [1.82, 2.24) is 10.3 Å². The molecule has 2 N–H and O–H groups in total. The molecular weight excluding hydrogens is 264 g/mol. The number of aliphatic hydroxyl groups is 1. The van der Waals surface area contributed by atoms with Crippen LogP contribution in [-0.4, -0.2) is 22.6 Å². The lowest BCUT2D eigenvalue weighted by atomic mass is 10.0. The second kappa shape index (κ2) is 7.55. The summed E-state index contributed by atoms with van der Waals surface area (Å²) in [6, 6.07) is 11.5. The Balaban J connectivity index is 2.13. The molecule has 21 heavy (non-hydrogen) atoms. The number of carbonyl (C=O) groups is 1. The molecule has 0 radical (unpaired) electrons. The van der Waals surface area contributed by atoms with Gasteiger partial charge in [0.05, 0.1) is 11.6 Å². The molecular formula is C17H20N2O2. The molecule has 2 rings (SSSR count). The fraction of sp³-hybridized carbons (Fsp3) is 0.294. The van der Waals surface area contributed by atoms with Crippen LogP contribution >= 0.6 is 0 Å². The van der Waals surface area contributed by atoms with Crippen LogP contribution in [0.15, 0.2) is 48.8 Å². The summed E-state index contributed by atoms with van der Waals surface area (Å²) in [5, 5.41) is 12.0. The zero-order chi connectivity index (χ0) is 15.1. The van der Waals surface area contributed by atoms with Crippen LogP contribution < -0.4 is 5.32 Å². The number of pyridine rings is 1. The maximum Gasteiger partial charge on any atom is 0.253 e. The number of hydrogen-bond donors (Lipinski definition) is 2. The zero-order valence-corrected chi connectivity index (χ0v) is 12.1. The van der Waals surface area contributed by atoms with Crippen LogP contribution in [0.4, 0.5) is 0 Å². The Morgan fingerprint density at radius 3 is 2.71 bits per heavy atom. The summed E-state index contributed by atoms with van der Waals surface area (Å²) in [6.07, 6.45) is 4.63. The lowest BCUT2D eigenvalue weighted by Crippen LogP contribution is -2.29. The molecule has 2 aromatic rings. The number of amides is 1. The summed E-state index contributed by atoms with van der Waals surface area (Å²) in [5.74, 6) is -0.141. The van der Waals surface area contributed by atoms with E-state index in [1.54, 1.807) is 12.4 Å². The number of rotatable bonds is 6. The highest BCUT2D eigenvalue weighted by molar-refractivity contribution is 5.94. The van der Waals surface area contributed by atoms with Crippen molar-refractivity contribution >= 4 is 5.91 Å². The van der Waals surface area contributed by atoms with Crippen molar-refractivity contribution in [3.63, 3.8) is 0 Å². The number of nitrogens with one attached hydrogen (secondary N) is 1. The molecule has 0 aliphatic carbocycles. The van der Waals surface area contributed by atoms with E-state index in [-0.39, 0.29) is 18.6 Å². The van der Waals surface area contributed by atoms with Gasteiger partial charge in [-0.05, 0) is 37.0 Å². The number of aromatic nitrogens is 1. The number of aryl methyl sites for hydroxylation is 1. The molecule has 1 amide bonds. The first kappa shape index (κ1) is 15.2. The fourth-order valence-corrected chi connectivity index (χ4v) is 2.22. The molecule has 0 aliphatic heterocycles. The molecule has 0 aliphatic rings. The molecule has 4 heteroatoms. The molecule has 0 saturated carbocycles. The highest BCUT2D eigenvalue weighted by atomic mass is 16.3. The van der Waals surface area contributed by atoms with Crippen molar-refractivity contribution in [2.75, 3.05) is 6.61 Å². The van der Waals surface area contributed by atoms with Crippen LogP contribution in [-0.2, 0) is 0 Å². The van der Waals surface area contributed by atoms with Crippen LogP contribution in [0.5, 0.6) is 0 Å². The highest BCUT2D eigenvalue weighted by Crippen LogP contribution is 2.19. The number of benzene rings is 1. The van der Waals surface area contributed by atoms with E-state index >= 15 is 0 Å². The lowest BCUT2D eigenvalue weighted by molar-refractivity contribution is 0.0932. The Morgan fingerprint density at radius 1 is 1.29 bits per heavy atom. The third kappa shape index (κ3) is 4.39. The second-order valence-corrected chi connectivity index (χ2v) is 5.05. The van der Waals surface area contributed by atoms with Gasteiger partial charge in [-0.2, -0.15) is 0 Å². The van der Waals surface area contributed by atoms with Gasteiger partial charge < -0.3 is 10.4 Å². The minimum absolute atomic E-state index is 0.105. The van der Waals surface area contributed by atoms with Crippen molar-refractivity contribution in [2.45, 2.75) is 25.8 Å². The van der Waals surface area contributed by atoms with Crippen LogP contribution in [0.25, 0.3) is 0 Å². The topological polar surface area (TPSA) is 62.2 Å². The van der Waals surface area contributed by atoms with E-state index < -0.39 is 0 Å². The van der Waals surface area contributed by atoms with Gasteiger partial charge in [-0.25, -0.2) is 0 Å². The SMILES string of the molecule is Cc1cncc(C(=O)N[C@H](CCCO)c2ccccc2)c1. The van der Waals surface area contributed by atoms with E-state index in [1.807, 2.05) is 43.3 Å². The first-order valence-electron chi connectivity index (χ1n) is 7.09. The second-order valence-electron chi connectivity index (χ2n) is 5.05. The minimum Gasteiger partial charge on any atom is -0.396 e. The van der Waals surface area contributed by atoms with E-state index in [0.717, 1.165) is 11.1 Å². The maximum atomic E-state index is 12.3. The third-order valence-corrected chi connectivity index (χ3v) is 3.30. The molecule has 4 nitrogen and oxygen atoms in total. The van der Waals surface area contributed by atoms with Gasteiger partial charge >= 0.3 is 0 Å². The van der Waals surface area contributed by atoms with Gasteiger partial charge in [0.25, 0.3) is 5.91 Å². The number of aliphatic hydroxyl groups excluding tert-OH is 1. The van der Waals surface area contributed by atoms with Gasteiger partial charge in [-0.1, -0.05) is 30.3 Å². The van der Waals surface area contributed by atoms with Crippen molar-refractivity contribution < 1.29 is 9.90 Å². The number of hydrogen-bond acceptors (Lipinski definition) is 3. The average Bonchev–Trinajstić information content (AvgIpc) is 2.52. The van der Waals surface area contributed by atoms with Crippen molar-refractivity contribution in [3.05, 3.63) is 65.5 Å². The van der Waals surface area contributed by atoms with Gasteiger partial charge in [0.2, 0.25) is 0 Å². The fourth-order valence-electron chi connectivity index (χ4n) is 2.22. The van der Waals surface area contributed by atoms with Gasteiger partial charge in [-0.15, -0.1) is 0 Å². The highest BCUT2D eigenvalue weighted by Gasteiger charge is 2.15. The number of carbonyl (C=O) groups excluding carboxylic acids is 1. The normalized spacial score (nSPS) is 11.9. The molecule has 0 saturated heterocycles. The average molecular weight is 284 g/mol. The number of nitrogens with zero attached hydrogens (tertiary/aromatic N) is 1. The summed E-state index contributed by atoms with van der Waals surface area (Å²) < 4.78 is 0. The predicted octanol–water partition coefficient (Wildman–Crippen LogP) is 2.63. The first-order chi connectivity index (χ1) is 10.2. The Bertz CT molecular complexity index is 584. The summed E-state index contributed by atoms with van der Waals surface area (Å²) >= 11 is 0. The molecule has 0 fully saturated rings. The first-order valence-corrected chi connectivity index (χ1v) is 7.09. The Labute approximate surface area is 124 Å². The Hall–Kier alpha value is -2.20. The summed E-state index contributed by atoms with van der Waals surface area (Å²) in [6.45, 7) is 2.02. The van der Waals surface area contributed by atoms with Crippen molar-refractivity contribution in [3.8, 4) is 0 Å². The maximum absolute atomic E-state index is 12.3. The van der Waals surface area contributed by atoms with Gasteiger partial charge in [-0.3, -0.25) is 9.78 Å². The molecule has 1 aromatic carbocycles. The van der Waals surface area contributed by atoms with E-state index in [0.29, 0.717) is 18.4 Å². The largest absolute Gasteiger partial charge is 0.396 e. The standard InChI is InChI=1S/C17H20N2O2/c1-13-10-15(12-18-11-13)17(21)19-16(8-5-9-20)14-6-3-2-4-7-14/h2-4,6-7,10-12,16,20H,5,8-9H2,1H3,(H,19,21)/t16-/m1/s1. The van der Waals surface area contributed by atoms with Crippen molar-refractivity contribution in [1.29, 1.82) is 0 Å². The quantitative estimate of drug-likeness (QED) is 0.857. The minimum atomic E-state index is -0.141. The van der Waals surface area contributed by atoms with Crippen LogP contribution in [0.3, 0.4) is 0 Å². The van der Waals surface area contributed by atoms with Crippen LogP contribution in [0, 0.1) is 6.92 Å². The molecule has 110 valence electrons. The predicted molar refractivity (Wildman–Crippen MR) is 81.9 cm³/mol. The zero-order valence-electron chi connectivity index (χ0n) is 12.1. The molecule has 1 heterocycles. The van der Waals surface area contributed by atoms with Crippen LogP contribution in [0.1, 0.15) is 40.4 Å². The van der Waals surface area contributed by atoms with Gasteiger partial charge in [0.1, 0.15) is 0 Å². The molecule has 0 unspecified atom stereocenters. The monoisotopic (exact) mass is 284 g/mol. The van der Waals surface area contributed by atoms with Gasteiger partial charge in [0.15, 0.2) is 0 Å². The summed E-state index contributed by atoms with van der Waals surface area (Å²) in [4.78, 5) is 16.4. The van der Waals surface area contributed by atoms with Crippen LogP contribution in [0.2, 0.25) is 0 Å². The van der Waals surface area contributed by atoms with Crippen molar-refractivity contribution in [2.24, 2.45) is 0 Å². The Kier molecular flexibility index (Phi) is 5.46. The lowest BCUT2D eigenvalue weighted by Gasteiger charge is -2.19. The smallest absolute Gasteiger partial charge is 0.253 e.